The van der Waals surface area contributed by atoms with Crippen molar-refractivity contribution < 1.29 is 0 Å². The fourth-order valence-electron chi connectivity index (χ4n) is 0.814. The first-order valence-electron chi connectivity index (χ1n) is 4.14. The molecule has 0 heterocycles. The van der Waals surface area contributed by atoms with Crippen molar-refractivity contribution in [1.82, 2.24) is 5.32 Å². The summed E-state index contributed by atoms with van der Waals surface area (Å²) in [4.78, 5) is 0. The molecule has 0 rings (SSSR count). The van der Waals surface area contributed by atoms with Gasteiger partial charge in [0.1, 0.15) is 5.54 Å². The average molecular weight is 154 g/mol. The van der Waals surface area contributed by atoms with Gasteiger partial charge in [0.05, 0.1) is 6.07 Å². The zero-order valence-corrected chi connectivity index (χ0v) is 7.94. The van der Waals surface area contributed by atoms with E-state index in [1.807, 2.05) is 14.0 Å². The van der Waals surface area contributed by atoms with Crippen LogP contribution in [0.4, 0.5) is 0 Å². The van der Waals surface area contributed by atoms with Crippen molar-refractivity contribution in [3.05, 3.63) is 0 Å². The van der Waals surface area contributed by atoms with Crippen molar-refractivity contribution in [2.45, 2.75) is 39.2 Å². The maximum Gasteiger partial charge on any atom is 0.103 e. The number of hydrogen-bond acceptors (Lipinski definition) is 2. The summed E-state index contributed by atoms with van der Waals surface area (Å²) in [7, 11) is 1.84. The van der Waals surface area contributed by atoms with Crippen molar-refractivity contribution in [3.63, 3.8) is 0 Å². The number of nitrogens with zero attached hydrogens (tertiary/aromatic N) is 1. The molecule has 64 valence electrons. The Labute approximate surface area is 69.6 Å². The number of rotatable bonds is 4. The summed E-state index contributed by atoms with van der Waals surface area (Å²) >= 11 is 0. The van der Waals surface area contributed by atoms with E-state index in [-0.39, 0.29) is 5.54 Å². The van der Waals surface area contributed by atoms with Crippen LogP contribution >= 0.6 is 0 Å². The predicted molar refractivity (Wildman–Crippen MR) is 47.1 cm³/mol. The fourth-order valence-corrected chi connectivity index (χ4v) is 0.814. The minimum absolute atomic E-state index is 0.329. The first-order chi connectivity index (χ1) is 5.04. The van der Waals surface area contributed by atoms with Crippen LogP contribution in [0.2, 0.25) is 0 Å². The lowest BCUT2D eigenvalue weighted by molar-refractivity contribution is 0.403. The van der Waals surface area contributed by atoms with Crippen molar-refractivity contribution in [2.24, 2.45) is 5.92 Å². The van der Waals surface area contributed by atoms with Crippen LogP contribution < -0.4 is 5.32 Å². The first-order valence-corrected chi connectivity index (χ1v) is 4.14. The van der Waals surface area contributed by atoms with E-state index in [1.54, 1.807) is 0 Å². The molecule has 0 aromatic rings. The third-order valence-electron chi connectivity index (χ3n) is 2.02. The third kappa shape index (κ3) is 4.00. The Bertz CT molecular complexity index is 146. The molecule has 1 N–H and O–H groups in total. The molecule has 0 bridgehead atoms. The van der Waals surface area contributed by atoms with Gasteiger partial charge in [0, 0.05) is 0 Å². The molecule has 0 fully saturated rings. The van der Waals surface area contributed by atoms with E-state index in [2.05, 4.69) is 25.2 Å². The van der Waals surface area contributed by atoms with Gasteiger partial charge in [0.15, 0.2) is 0 Å². The highest BCUT2D eigenvalue weighted by atomic mass is 14.9. The van der Waals surface area contributed by atoms with Crippen LogP contribution in [0.3, 0.4) is 0 Å². The van der Waals surface area contributed by atoms with E-state index < -0.39 is 0 Å². The van der Waals surface area contributed by atoms with Crippen LogP contribution in [-0.2, 0) is 0 Å². The monoisotopic (exact) mass is 154 g/mol. The van der Waals surface area contributed by atoms with Crippen LogP contribution in [0.15, 0.2) is 0 Å². The maximum atomic E-state index is 8.79. The molecule has 0 spiro atoms. The lowest BCUT2D eigenvalue weighted by atomic mass is 9.94. The molecule has 2 nitrogen and oxygen atoms in total. The summed E-state index contributed by atoms with van der Waals surface area (Å²) in [6.45, 7) is 6.29. The summed E-state index contributed by atoms with van der Waals surface area (Å²) in [5.74, 6) is 0.677. The second-order valence-corrected chi connectivity index (χ2v) is 3.63. The minimum Gasteiger partial charge on any atom is -0.303 e. The molecule has 0 amide bonds. The molecule has 0 aliphatic rings. The van der Waals surface area contributed by atoms with Crippen molar-refractivity contribution >= 4 is 0 Å². The lowest BCUT2D eigenvalue weighted by Gasteiger charge is -2.21. The third-order valence-corrected chi connectivity index (χ3v) is 2.02. The van der Waals surface area contributed by atoms with Gasteiger partial charge in [-0.05, 0) is 32.7 Å². The van der Waals surface area contributed by atoms with Gasteiger partial charge in [-0.15, -0.1) is 0 Å². The molecule has 0 aliphatic carbocycles. The smallest absolute Gasteiger partial charge is 0.103 e. The summed E-state index contributed by atoms with van der Waals surface area (Å²) in [6, 6.07) is 2.27. The molecule has 11 heavy (non-hydrogen) atoms. The molecule has 0 radical (unpaired) electrons. The Kier molecular flexibility index (Phi) is 4.14. The molecule has 0 aliphatic heterocycles. The summed E-state index contributed by atoms with van der Waals surface area (Å²) in [5, 5.41) is 11.8. The summed E-state index contributed by atoms with van der Waals surface area (Å²) in [5.41, 5.74) is -0.329. The zero-order chi connectivity index (χ0) is 8.91. The lowest BCUT2D eigenvalue weighted by Crippen LogP contribution is -2.38. The molecular formula is C9H18N2. The highest BCUT2D eigenvalue weighted by Gasteiger charge is 2.20. The Morgan fingerprint density at radius 2 is 2.09 bits per heavy atom. The fraction of sp³-hybridized carbons (Fsp3) is 0.889. The number of nitrogens with one attached hydrogen (secondary N) is 1. The van der Waals surface area contributed by atoms with Crippen molar-refractivity contribution in [1.29, 1.82) is 5.26 Å². The Hall–Kier alpha value is -0.550. The normalized spacial score (nSPS) is 16.0. The van der Waals surface area contributed by atoms with E-state index in [1.165, 1.54) is 0 Å². The van der Waals surface area contributed by atoms with Crippen LogP contribution in [-0.4, -0.2) is 12.6 Å². The Morgan fingerprint density at radius 3 is 2.36 bits per heavy atom. The van der Waals surface area contributed by atoms with E-state index >= 15 is 0 Å². The van der Waals surface area contributed by atoms with Gasteiger partial charge in [-0.2, -0.15) is 5.26 Å². The number of nitriles is 1. The van der Waals surface area contributed by atoms with Gasteiger partial charge < -0.3 is 5.32 Å². The van der Waals surface area contributed by atoms with Crippen LogP contribution in [0.5, 0.6) is 0 Å². The molecule has 0 saturated heterocycles. The predicted octanol–water partition coefficient (Wildman–Crippen LogP) is 1.92. The van der Waals surface area contributed by atoms with E-state index in [0.717, 1.165) is 12.8 Å². The van der Waals surface area contributed by atoms with Gasteiger partial charge in [-0.1, -0.05) is 13.8 Å². The highest BCUT2D eigenvalue weighted by Crippen LogP contribution is 2.14. The SMILES string of the molecule is CNC(C)(C#N)CCC(C)C. The van der Waals surface area contributed by atoms with Gasteiger partial charge in [0.2, 0.25) is 0 Å². The van der Waals surface area contributed by atoms with Crippen molar-refractivity contribution in [2.75, 3.05) is 7.05 Å². The Morgan fingerprint density at radius 1 is 1.55 bits per heavy atom. The second-order valence-electron chi connectivity index (χ2n) is 3.63. The van der Waals surface area contributed by atoms with Crippen molar-refractivity contribution in [3.8, 4) is 6.07 Å². The largest absolute Gasteiger partial charge is 0.303 e. The standard InChI is InChI=1S/C9H18N2/c1-8(2)5-6-9(3,7-10)11-4/h8,11H,5-6H2,1-4H3. The number of hydrogen-bond donors (Lipinski definition) is 1. The molecule has 1 atom stereocenters. The van der Waals surface area contributed by atoms with Gasteiger partial charge in [-0.25, -0.2) is 0 Å². The van der Waals surface area contributed by atoms with Crippen LogP contribution in [0.25, 0.3) is 0 Å². The van der Waals surface area contributed by atoms with Gasteiger partial charge >= 0.3 is 0 Å². The molecule has 2 heteroatoms. The average Bonchev–Trinajstić information content (AvgIpc) is 2.00. The molecule has 0 aromatic heterocycles. The van der Waals surface area contributed by atoms with Crippen LogP contribution in [0.1, 0.15) is 33.6 Å². The quantitative estimate of drug-likeness (QED) is 0.671. The second kappa shape index (κ2) is 4.35. The van der Waals surface area contributed by atoms with E-state index in [9.17, 15) is 0 Å². The molecule has 0 saturated carbocycles. The van der Waals surface area contributed by atoms with Gasteiger partial charge in [0.25, 0.3) is 0 Å². The molecule has 1 unspecified atom stereocenters. The molecular weight excluding hydrogens is 136 g/mol. The summed E-state index contributed by atoms with van der Waals surface area (Å²) in [6.07, 6.45) is 2.03. The minimum atomic E-state index is -0.329. The van der Waals surface area contributed by atoms with E-state index in [4.69, 9.17) is 5.26 Å². The highest BCUT2D eigenvalue weighted by molar-refractivity contribution is 5.02. The van der Waals surface area contributed by atoms with Crippen LogP contribution in [0, 0.1) is 17.2 Å². The topological polar surface area (TPSA) is 35.8 Å². The first kappa shape index (κ1) is 10.4. The zero-order valence-electron chi connectivity index (χ0n) is 7.94. The Balaban J connectivity index is 3.81. The summed E-state index contributed by atoms with van der Waals surface area (Å²) < 4.78 is 0. The van der Waals surface area contributed by atoms with E-state index in [0.29, 0.717) is 5.92 Å². The maximum absolute atomic E-state index is 8.79. The molecule has 0 aromatic carbocycles. The van der Waals surface area contributed by atoms with Gasteiger partial charge in [-0.3, -0.25) is 0 Å².